The second kappa shape index (κ2) is 6.46. The van der Waals surface area contributed by atoms with Gasteiger partial charge in [0.05, 0.1) is 15.6 Å². The van der Waals surface area contributed by atoms with Crippen molar-refractivity contribution in [1.82, 2.24) is 0 Å². The van der Waals surface area contributed by atoms with Crippen LogP contribution in [0.2, 0.25) is 0 Å². The summed E-state index contributed by atoms with van der Waals surface area (Å²) in [7, 11) is 0. The summed E-state index contributed by atoms with van der Waals surface area (Å²) in [5.41, 5.74) is 0.703. The van der Waals surface area contributed by atoms with Gasteiger partial charge in [0.25, 0.3) is 17.3 Å². The van der Waals surface area contributed by atoms with Crippen LogP contribution in [0.4, 0.5) is 22.7 Å². The zero-order valence-electron chi connectivity index (χ0n) is 15.7. The van der Waals surface area contributed by atoms with E-state index in [1.165, 1.54) is 36.4 Å². The van der Waals surface area contributed by atoms with E-state index < -0.39 is 21.4 Å². The first kappa shape index (κ1) is 18.4. The second-order valence-electron chi connectivity index (χ2n) is 7.09. The normalized spacial score (nSPS) is 18.5. The molecule has 0 aliphatic carbocycles. The van der Waals surface area contributed by atoms with E-state index in [2.05, 4.69) is 10.6 Å². The molecule has 152 valence electrons. The fourth-order valence-corrected chi connectivity index (χ4v) is 3.84. The molecule has 0 bridgehead atoms. The monoisotopic (exact) mass is 415 g/mol. The highest BCUT2D eigenvalue weighted by Crippen LogP contribution is 2.45. The van der Waals surface area contributed by atoms with Crippen LogP contribution in [-0.4, -0.2) is 21.5 Å². The molecule has 10 nitrogen and oxygen atoms in total. The highest BCUT2D eigenvalue weighted by molar-refractivity contribution is 6.21. The molecule has 2 aliphatic rings. The van der Waals surface area contributed by atoms with Gasteiger partial charge in [-0.15, -0.1) is 0 Å². The van der Waals surface area contributed by atoms with Crippen molar-refractivity contribution in [3.8, 4) is 0 Å². The summed E-state index contributed by atoms with van der Waals surface area (Å²) in [5.74, 6) is -0.500. The van der Waals surface area contributed by atoms with E-state index in [9.17, 15) is 25.0 Å². The first-order valence-corrected chi connectivity index (χ1v) is 9.22. The molecule has 0 fully saturated rings. The summed E-state index contributed by atoms with van der Waals surface area (Å²) in [6, 6.07) is 17.3. The molecule has 0 saturated heterocycles. The van der Waals surface area contributed by atoms with Crippen molar-refractivity contribution in [3.63, 3.8) is 0 Å². The van der Waals surface area contributed by atoms with Crippen LogP contribution in [0.25, 0.3) is 0 Å². The molecule has 2 aliphatic heterocycles. The number of benzene rings is 3. The Hall–Kier alpha value is -4.60. The Kier molecular flexibility index (Phi) is 3.84. The maximum Gasteiger partial charge on any atom is 0.277 e. The lowest BCUT2D eigenvalue weighted by atomic mass is 9.92. The second-order valence-corrected chi connectivity index (χ2v) is 7.09. The summed E-state index contributed by atoms with van der Waals surface area (Å²) in [4.78, 5) is 39.4. The van der Waals surface area contributed by atoms with E-state index in [1.54, 1.807) is 24.3 Å². The molecule has 0 aromatic heterocycles. The minimum atomic E-state index is -1.64. The van der Waals surface area contributed by atoms with Crippen LogP contribution >= 0.6 is 0 Å². The van der Waals surface area contributed by atoms with E-state index in [0.717, 1.165) is 0 Å². The number of hydrogen-bond acceptors (Lipinski definition) is 7. The van der Waals surface area contributed by atoms with Crippen molar-refractivity contribution in [3.05, 3.63) is 104 Å². The summed E-state index contributed by atoms with van der Waals surface area (Å²) in [5, 5.41) is 28.4. The van der Waals surface area contributed by atoms with Gasteiger partial charge in [0.1, 0.15) is 0 Å². The number of amides is 1. The number of nitro groups is 2. The molecule has 0 saturated carbocycles. The van der Waals surface area contributed by atoms with Crippen LogP contribution in [-0.2, 0) is 10.5 Å². The predicted molar refractivity (Wildman–Crippen MR) is 112 cm³/mol. The van der Waals surface area contributed by atoms with Crippen LogP contribution in [0.1, 0.15) is 16.7 Å². The number of anilines is 2. The Morgan fingerprint density at radius 2 is 1.48 bits per heavy atom. The maximum absolute atomic E-state index is 13.1. The molecular formula is C21H13N5O5. The number of nitrogens with zero attached hydrogens (tertiary/aromatic N) is 3. The molecule has 3 aromatic rings. The van der Waals surface area contributed by atoms with Gasteiger partial charge >= 0.3 is 0 Å². The van der Waals surface area contributed by atoms with Gasteiger partial charge in [-0.25, -0.2) is 4.99 Å². The number of non-ortho nitro benzene ring substituents is 2. The largest absolute Gasteiger partial charge is 0.349 e. The third-order valence-corrected chi connectivity index (χ3v) is 5.29. The van der Waals surface area contributed by atoms with Gasteiger partial charge in [-0.3, -0.25) is 25.0 Å². The van der Waals surface area contributed by atoms with Gasteiger partial charge in [-0.05, 0) is 12.1 Å². The van der Waals surface area contributed by atoms with Crippen LogP contribution in [0.5, 0.6) is 0 Å². The summed E-state index contributed by atoms with van der Waals surface area (Å²) >= 11 is 0. The minimum Gasteiger partial charge on any atom is -0.349 e. The summed E-state index contributed by atoms with van der Waals surface area (Å²) < 4.78 is 0. The Labute approximate surface area is 174 Å². The Balaban J connectivity index is 1.79. The van der Waals surface area contributed by atoms with Crippen molar-refractivity contribution < 1.29 is 14.6 Å². The van der Waals surface area contributed by atoms with Crippen molar-refractivity contribution in [2.45, 2.75) is 5.66 Å². The van der Waals surface area contributed by atoms with Gasteiger partial charge in [-0.1, -0.05) is 30.3 Å². The maximum atomic E-state index is 13.1. The zero-order valence-corrected chi connectivity index (χ0v) is 15.7. The molecule has 2 heterocycles. The molecule has 2 N–H and O–H groups in total. The first-order valence-electron chi connectivity index (χ1n) is 9.22. The van der Waals surface area contributed by atoms with Gasteiger partial charge in [-0.2, -0.15) is 0 Å². The lowest BCUT2D eigenvalue weighted by Crippen LogP contribution is -2.44. The number of carbonyl (C=O) groups excluding carboxylic acids is 1. The molecule has 1 unspecified atom stereocenters. The van der Waals surface area contributed by atoms with E-state index in [1.807, 2.05) is 6.07 Å². The highest BCUT2D eigenvalue weighted by Gasteiger charge is 2.50. The number of aliphatic imine (C=N–C) groups is 1. The number of nitrogens with one attached hydrogen (secondary N) is 2. The van der Waals surface area contributed by atoms with Crippen LogP contribution < -0.4 is 10.6 Å². The Bertz CT molecular complexity index is 1320. The van der Waals surface area contributed by atoms with E-state index in [0.29, 0.717) is 33.8 Å². The average molecular weight is 415 g/mol. The molecule has 0 radical (unpaired) electrons. The lowest BCUT2D eigenvalue weighted by molar-refractivity contribution is -0.385. The Morgan fingerprint density at radius 3 is 2.16 bits per heavy atom. The molecule has 1 amide bonds. The van der Waals surface area contributed by atoms with E-state index in [-0.39, 0.29) is 11.4 Å². The van der Waals surface area contributed by atoms with Crippen molar-refractivity contribution in [1.29, 1.82) is 0 Å². The Morgan fingerprint density at radius 1 is 0.839 bits per heavy atom. The quantitative estimate of drug-likeness (QED) is 0.495. The number of hydrogen-bond donors (Lipinski definition) is 2. The smallest absolute Gasteiger partial charge is 0.277 e. The highest BCUT2D eigenvalue weighted by atomic mass is 16.6. The molecular weight excluding hydrogens is 402 g/mol. The molecule has 5 rings (SSSR count). The first-order chi connectivity index (χ1) is 14.9. The van der Waals surface area contributed by atoms with Crippen LogP contribution in [0, 0.1) is 20.2 Å². The number of rotatable bonds is 3. The van der Waals surface area contributed by atoms with Gasteiger partial charge in [0.15, 0.2) is 0 Å². The zero-order chi connectivity index (χ0) is 21.8. The lowest BCUT2D eigenvalue weighted by Gasteiger charge is -2.32. The topological polar surface area (TPSA) is 140 Å². The molecule has 1 atom stereocenters. The summed E-state index contributed by atoms with van der Waals surface area (Å²) in [6.45, 7) is 0. The van der Waals surface area contributed by atoms with E-state index >= 15 is 0 Å². The number of carbonyl (C=O) groups is 1. The third-order valence-electron chi connectivity index (χ3n) is 5.29. The van der Waals surface area contributed by atoms with Crippen molar-refractivity contribution in [2.24, 2.45) is 4.99 Å². The molecule has 31 heavy (non-hydrogen) atoms. The fourth-order valence-electron chi connectivity index (χ4n) is 3.84. The molecule has 3 aromatic carbocycles. The van der Waals surface area contributed by atoms with Crippen molar-refractivity contribution >= 4 is 34.4 Å². The van der Waals surface area contributed by atoms with Crippen LogP contribution in [0.15, 0.2) is 71.7 Å². The predicted octanol–water partition coefficient (Wildman–Crippen LogP) is 3.57. The molecule has 10 heteroatoms. The number of fused-ring (bicyclic) bond motifs is 3. The van der Waals surface area contributed by atoms with E-state index in [4.69, 9.17) is 4.99 Å². The standard InChI is InChI=1S/C21H13N5O5/c27-20-21(16-11-14(26(30)31)7-9-18(16)22-20)23-17-8-6-13(25(28)29)10-15(17)19(24-21)12-4-2-1-3-5-12/h1-11,23H,(H,22,27). The summed E-state index contributed by atoms with van der Waals surface area (Å²) in [6.07, 6.45) is 0. The third kappa shape index (κ3) is 2.73. The number of nitro benzene ring substituents is 2. The average Bonchev–Trinajstić information content (AvgIpc) is 3.03. The van der Waals surface area contributed by atoms with Gasteiger partial charge in [0.2, 0.25) is 5.66 Å². The molecule has 1 spiro atoms. The van der Waals surface area contributed by atoms with Gasteiger partial charge in [0, 0.05) is 52.3 Å². The minimum absolute atomic E-state index is 0.118. The SMILES string of the molecule is O=C1Nc2ccc([N+](=O)[O-])cc2C12N=C(c1ccccc1)c1cc([N+](=O)[O-])ccc1N2. The van der Waals surface area contributed by atoms with Crippen LogP contribution in [0.3, 0.4) is 0 Å². The van der Waals surface area contributed by atoms with Crippen molar-refractivity contribution in [2.75, 3.05) is 10.6 Å². The van der Waals surface area contributed by atoms with Gasteiger partial charge < -0.3 is 10.6 Å². The fraction of sp³-hybridized carbons (Fsp3) is 0.0476.